The highest BCUT2D eigenvalue weighted by molar-refractivity contribution is 5.25. The first-order valence-electron chi connectivity index (χ1n) is 4.79. The summed E-state index contributed by atoms with van der Waals surface area (Å²) in [6, 6.07) is 0. The lowest BCUT2D eigenvalue weighted by Crippen LogP contribution is -1.87. The summed E-state index contributed by atoms with van der Waals surface area (Å²) in [4.78, 5) is 0. The first-order valence-corrected chi connectivity index (χ1v) is 4.79. The quantitative estimate of drug-likeness (QED) is 0.622. The predicted octanol–water partition coefficient (Wildman–Crippen LogP) is 3.63. The molecule has 0 radical (unpaired) electrons. The van der Waals surface area contributed by atoms with Crippen molar-refractivity contribution in [2.75, 3.05) is 0 Å². The Hall–Kier alpha value is -0.720. The predicted molar refractivity (Wildman–Crippen MR) is 51.4 cm³/mol. The second-order valence-electron chi connectivity index (χ2n) is 3.41. The zero-order chi connectivity index (χ0) is 8.97. The Labute approximate surface area is 74.8 Å². The van der Waals surface area contributed by atoms with Gasteiger partial charge < -0.3 is 4.42 Å². The maximum atomic E-state index is 5.33. The highest BCUT2D eigenvalue weighted by atomic mass is 16.3. The van der Waals surface area contributed by atoms with E-state index in [1.807, 2.05) is 13.2 Å². The van der Waals surface area contributed by atoms with Crippen molar-refractivity contribution in [2.45, 2.75) is 46.5 Å². The van der Waals surface area contributed by atoms with Crippen molar-refractivity contribution in [3.05, 3.63) is 23.2 Å². The molecule has 0 atom stereocenters. The van der Waals surface area contributed by atoms with Crippen LogP contribution in [0.1, 0.15) is 43.1 Å². The van der Waals surface area contributed by atoms with Gasteiger partial charge in [0.05, 0.1) is 6.26 Å². The lowest BCUT2D eigenvalue weighted by atomic mass is 10.0. The molecule has 0 saturated carbocycles. The topological polar surface area (TPSA) is 13.1 Å². The minimum atomic E-state index is 1.10. The molecule has 1 aromatic rings. The number of rotatable bonds is 4. The van der Waals surface area contributed by atoms with Gasteiger partial charge in [-0.05, 0) is 37.8 Å². The first kappa shape index (κ1) is 9.37. The van der Waals surface area contributed by atoms with Gasteiger partial charge in [-0.2, -0.15) is 0 Å². The number of aryl methyl sites for hydroxylation is 2. The van der Waals surface area contributed by atoms with Gasteiger partial charge in [-0.25, -0.2) is 0 Å². The van der Waals surface area contributed by atoms with Crippen molar-refractivity contribution in [1.29, 1.82) is 0 Å². The molecule has 0 amide bonds. The molecule has 1 aromatic heterocycles. The standard InChI is InChI=1S/C11H18O/c1-4-5-6-7-11-9(2)8-12-10(11)3/h8H,4-7H2,1-3H3. The van der Waals surface area contributed by atoms with Gasteiger partial charge in [0.25, 0.3) is 0 Å². The van der Waals surface area contributed by atoms with Gasteiger partial charge in [-0.1, -0.05) is 19.8 Å². The van der Waals surface area contributed by atoms with Gasteiger partial charge in [-0.3, -0.25) is 0 Å². The third kappa shape index (κ3) is 2.13. The summed E-state index contributed by atoms with van der Waals surface area (Å²) >= 11 is 0. The third-order valence-corrected chi connectivity index (χ3v) is 2.34. The van der Waals surface area contributed by atoms with Crippen LogP contribution in [0.15, 0.2) is 10.7 Å². The third-order valence-electron chi connectivity index (χ3n) is 2.34. The number of hydrogen-bond donors (Lipinski definition) is 0. The average molecular weight is 166 g/mol. The zero-order valence-electron chi connectivity index (χ0n) is 8.31. The van der Waals surface area contributed by atoms with Crippen LogP contribution in [0.4, 0.5) is 0 Å². The van der Waals surface area contributed by atoms with Crippen LogP contribution in [0.25, 0.3) is 0 Å². The van der Waals surface area contributed by atoms with Gasteiger partial charge in [0.2, 0.25) is 0 Å². The monoisotopic (exact) mass is 166 g/mol. The van der Waals surface area contributed by atoms with E-state index in [1.165, 1.54) is 36.8 Å². The molecule has 0 saturated heterocycles. The van der Waals surface area contributed by atoms with Crippen LogP contribution in [0, 0.1) is 13.8 Å². The fraction of sp³-hybridized carbons (Fsp3) is 0.636. The molecule has 1 rings (SSSR count). The van der Waals surface area contributed by atoms with Crippen molar-refractivity contribution >= 4 is 0 Å². The van der Waals surface area contributed by atoms with E-state index in [0.717, 1.165) is 5.76 Å². The summed E-state index contributed by atoms with van der Waals surface area (Å²) in [5, 5.41) is 0. The van der Waals surface area contributed by atoms with Crippen LogP contribution in [0.3, 0.4) is 0 Å². The molecule has 0 bridgehead atoms. The SMILES string of the molecule is CCCCCc1c(C)coc1C. The van der Waals surface area contributed by atoms with Crippen LogP contribution >= 0.6 is 0 Å². The average Bonchev–Trinajstić information content (AvgIpc) is 2.35. The molecule has 12 heavy (non-hydrogen) atoms. The first-order chi connectivity index (χ1) is 5.75. The summed E-state index contributed by atoms with van der Waals surface area (Å²) in [5.41, 5.74) is 2.73. The lowest BCUT2D eigenvalue weighted by Gasteiger charge is -1.99. The normalized spacial score (nSPS) is 10.6. The summed E-state index contributed by atoms with van der Waals surface area (Å²) in [6.07, 6.45) is 6.94. The molecule has 0 spiro atoms. The fourth-order valence-electron chi connectivity index (χ4n) is 1.52. The molecule has 0 unspecified atom stereocenters. The molecule has 0 aliphatic carbocycles. The van der Waals surface area contributed by atoms with Crippen molar-refractivity contribution in [2.24, 2.45) is 0 Å². The van der Waals surface area contributed by atoms with E-state index in [1.54, 1.807) is 0 Å². The second kappa shape index (κ2) is 4.34. The summed E-state index contributed by atoms with van der Waals surface area (Å²) in [5.74, 6) is 1.10. The van der Waals surface area contributed by atoms with Crippen molar-refractivity contribution in [1.82, 2.24) is 0 Å². The molecule has 0 N–H and O–H groups in total. The molecule has 1 nitrogen and oxygen atoms in total. The Bertz CT molecular complexity index is 216. The van der Waals surface area contributed by atoms with Crippen LogP contribution in [0.5, 0.6) is 0 Å². The zero-order valence-corrected chi connectivity index (χ0v) is 8.31. The highest BCUT2D eigenvalue weighted by Gasteiger charge is 2.04. The van der Waals surface area contributed by atoms with Crippen LogP contribution in [0.2, 0.25) is 0 Å². The number of hydrogen-bond acceptors (Lipinski definition) is 1. The van der Waals surface area contributed by atoms with Gasteiger partial charge in [0, 0.05) is 0 Å². The molecular formula is C11H18O. The van der Waals surface area contributed by atoms with Crippen LogP contribution < -0.4 is 0 Å². The molecule has 1 heterocycles. The Morgan fingerprint density at radius 1 is 1.25 bits per heavy atom. The van der Waals surface area contributed by atoms with Gasteiger partial charge in [0.15, 0.2) is 0 Å². The second-order valence-corrected chi connectivity index (χ2v) is 3.41. The van der Waals surface area contributed by atoms with Gasteiger partial charge in [-0.15, -0.1) is 0 Å². The number of furan rings is 1. The van der Waals surface area contributed by atoms with Crippen LogP contribution in [-0.4, -0.2) is 0 Å². The summed E-state index contributed by atoms with van der Waals surface area (Å²) in [7, 11) is 0. The van der Waals surface area contributed by atoms with Crippen molar-refractivity contribution in [3.63, 3.8) is 0 Å². The van der Waals surface area contributed by atoms with Crippen molar-refractivity contribution < 1.29 is 4.42 Å². The van der Waals surface area contributed by atoms with E-state index in [4.69, 9.17) is 4.42 Å². The Balaban J connectivity index is 2.50. The summed E-state index contributed by atoms with van der Waals surface area (Å²) in [6.45, 7) is 6.40. The minimum Gasteiger partial charge on any atom is -0.469 e. The Morgan fingerprint density at radius 3 is 2.50 bits per heavy atom. The Kier molecular flexibility index (Phi) is 3.39. The van der Waals surface area contributed by atoms with E-state index in [9.17, 15) is 0 Å². The van der Waals surface area contributed by atoms with Crippen LogP contribution in [-0.2, 0) is 6.42 Å². The van der Waals surface area contributed by atoms with Gasteiger partial charge >= 0.3 is 0 Å². The molecule has 68 valence electrons. The van der Waals surface area contributed by atoms with Gasteiger partial charge in [0.1, 0.15) is 5.76 Å². The van der Waals surface area contributed by atoms with E-state index in [-0.39, 0.29) is 0 Å². The molecule has 0 aliphatic heterocycles. The van der Waals surface area contributed by atoms with Crippen molar-refractivity contribution in [3.8, 4) is 0 Å². The fourth-order valence-corrected chi connectivity index (χ4v) is 1.52. The maximum Gasteiger partial charge on any atom is 0.104 e. The largest absolute Gasteiger partial charge is 0.469 e. The molecule has 0 fully saturated rings. The molecular weight excluding hydrogens is 148 g/mol. The molecule has 0 aliphatic rings. The lowest BCUT2D eigenvalue weighted by molar-refractivity contribution is 0.527. The van der Waals surface area contributed by atoms with E-state index < -0.39 is 0 Å². The maximum absolute atomic E-state index is 5.33. The number of unbranched alkanes of at least 4 members (excludes halogenated alkanes) is 2. The van der Waals surface area contributed by atoms with E-state index >= 15 is 0 Å². The summed E-state index contributed by atoms with van der Waals surface area (Å²) < 4.78 is 5.33. The smallest absolute Gasteiger partial charge is 0.104 e. The van der Waals surface area contributed by atoms with E-state index in [2.05, 4.69) is 13.8 Å². The van der Waals surface area contributed by atoms with E-state index in [0.29, 0.717) is 0 Å². The molecule has 1 heteroatoms. The molecule has 0 aromatic carbocycles. The minimum absolute atomic E-state index is 1.10. The Morgan fingerprint density at radius 2 is 2.00 bits per heavy atom. The highest BCUT2D eigenvalue weighted by Crippen LogP contribution is 2.17.